The van der Waals surface area contributed by atoms with Crippen LogP contribution < -0.4 is 14.4 Å². The van der Waals surface area contributed by atoms with Crippen LogP contribution in [-0.2, 0) is 11.3 Å². The Morgan fingerprint density at radius 1 is 1.03 bits per heavy atom. The molecular formula is C23H24N3O4+. The third-order valence-corrected chi connectivity index (χ3v) is 5.61. The van der Waals surface area contributed by atoms with Gasteiger partial charge in [0, 0.05) is 11.6 Å². The van der Waals surface area contributed by atoms with Crippen LogP contribution >= 0.6 is 0 Å². The number of benzene rings is 2. The Bertz CT molecular complexity index is 1010. The van der Waals surface area contributed by atoms with Crippen LogP contribution in [0.15, 0.2) is 65.2 Å². The van der Waals surface area contributed by atoms with Crippen molar-refractivity contribution < 1.29 is 23.7 Å². The van der Waals surface area contributed by atoms with Crippen molar-refractivity contribution in [3.05, 3.63) is 66.4 Å². The minimum Gasteiger partial charge on any atom is -0.485 e. The summed E-state index contributed by atoms with van der Waals surface area (Å²) in [5, 5.41) is 4.22. The highest BCUT2D eigenvalue weighted by molar-refractivity contribution is 5.82. The molecule has 2 aromatic carbocycles. The molecule has 0 bridgehead atoms. The van der Waals surface area contributed by atoms with E-state index in [2.05, 4.69) is 5.16 Å². The zero-order valence-corrected chi connectivity index (χ0v) is 16.6. The summed E-state index contributed by atoms with van der Waals surface area (Å²) in [6, 6.07) is 19.4. The van der Waals surface area contributed by atoms with Gasteiger partial charge < -0.3 is 23.8 Å². The molecule has 1 N–H and O–H groups in total. The van der Waals surface area contributed by atoms with Gasteiger partial charge >= 0.3 is 0 Å². The molecule has 0 aliphatic carbocycles. The quantitative estimate of drug-likeness (QED) is 0.710. The lowest BCUT2D eigenvalue weighted by Gasteiger charge is -2.35. The van der Waals surface area contributed by atoms with Crippen molar-refractivity contribution in [3.63, 3.8) is 0 Å². The molecule has 3 aromatic rings. The van der Waals surface area contributed by atoms with Crippen molar-refractivity contribution in [2.45, 2.75) is 12.6 Å². The van der Waals surface area contributed by atoms with Gasteiger partial charge in [-0.15, -0.1) is 0 Å². The van der Waals surface area contributed by atoms with E-state index in [1.807, 2.05) is 65.6 Å². The second-order valence-corrected chi connectivity index (χ2v) is 7.66. The van der Waals surface area contributed by atoms with Crippen LogP contribution in [0.1, 0.15) is 5.69 Å². The summed E-state index contributed by atoms with van der Waals surface area (Å²) in [4.78, 5) is 16.1. The van der Waals surface area contributed by atoms with E-state index in [0.29, 0.717) is 24.6 Å². The summed E-state index contributed by atoms with van der Waals surface area (Å²) in [6.07, 6.45) is -0.578. The van der Waals surface area contributed by atoms with Gasteiger partial charge in [-0.05, 0) is 12.1 Å². The topological polar surface area (TPSA) is 69.2 Å². The average Bonchev–Trinajstić information content (AvgIpc) is 3.28. The molecule has 0 spiro atoms. The lowest BCUT2D eigenvalue weighted by Crippen LogP contribution is -3.13. The molecule has 0 radical (unpaired) electrons. The molecule has 0 unspecified atom stereocenters. The van der Waals surface area contributed by atoms with Crippen LogP contribution in [0.25, 0.3) is 11.3 Å². The predicted molar refractivity (Wildman–Crippen MR) is 109 cm³/mol. The fraction of sp³-hybridized carbons (Fsp3) is 0.304. The Balaban J connectivity index is 1.14. The molecule has 1 atom stereocenters. The van der Waals surface area contributed by atoms with Crippen LogP contribution in [0.4, 0.5) is 0 Å². The lowest BCUT2D eigenvalue weighted by atomic mass is 10.1. The zero-order valence-electron chi connectivity index (χ0n) is 16.6. The highest BCUT2D eigenvalue weighted by Gasteiger charge is 2.33. The van der Waals surface area contributed by atoms with Crippen molar-refractivity contribution in [1.82, 2.24) is 10.1 Å². The van der Waals surface area contributed by atoms with Gasteiger partial charge in [0.1, 0.15) is 18.8 Å². The Morgan fingerprint density at radius 3 is 2.57 bits per heavy atom. The van der Waals surface area contributed by atoms with Crippen LogP contribution in [0.2, 0.25) is 0 Å². The molecule has 30 heavy (non-hydrogen) atoms. The van der Waals surface area contributed by atoms with Gasteiger partial charge in [0.25, 0.3) is 5.91 Å². The maximum absolute atomic E-state index is 12.9. The van der Waals surface area contributed by atoms with Crippen LogP contribution in [0.5, 0.6) is 11.5 Å². The van der Waals surface area contributed by atoms with E-state index in [0.717, 1.165) is 36.7 Å². The van der Waals surface area contributed by atoms with E-state index in [1.165, 1.54) is 4.90 Å². The summed E-state index contributed by atoms with van der Waals surface area (Å²) in [6.45, 7) is 4.16. The fourth-order valence-corrected chi connectivity index (χ4v) is 3.95. The standard InChI is InChI=1S/C23H23N3O4/c27-23(22-16-28-19-8-4-5-9-20(19)29-22)26-12-10-25(11-13-26)15-18-14-21(30-24-18)17-6-2-1-3-7-17/h1-9,14,22H,10-13,15-16H2/p+1/t22-/m1/s1. The molecule has 1 saturated heterocycles. The maximum Gasteiger partial charge on any atom is 0.267 e. The van der Waals surface area contributed by atoms with Gasteiger partial charge in [-0.2, -0.15) is 0 Å². The van der Waals surface area contributed by atoms with Crippen molar-refractivity contribution in [2.75, 3.05) is 32.8 Å². The summed E-state index contributed by atoms with van der Waals surface area (Å²) in [7, 11) is 0. The number of hydrogen-bond donors (Lipinski definition) is 1. The predicted octanol–water partition coefficient (Wildman–Crippen LogP) is 1.41. The number of para-hydroxylation sites is 2. The van der Waals surface area contributed by atoms with Gasteiger partial charge in [-0.1, -0.05) is 47.6 Å². The second-order valence-electron chi connectivity index (χ2n) is 7.66. The number of carbonyl (C=O) groups excluding carboxylic acids is 1. The first kappa shape index (κ1) is 18.7. The van der Waals surface area contributed by atoms with Crippen LogP contribution in [0, 0.1) is 0 Å². The Kier molecular flexibility index (Phi) is 5.11. The molecule has 3 heterocycles. The molecule has 2 aliphatic rings. The molecule has 1 aromatic heterocycles. The number of aromatic nitrogens is 1. The molecule has 0 saturated carbocycles. The number of nitrogens with one attached hydrogen (secondary N) is 1. The summed E-state index contributed by atoms with van der Waals surface area (Å²) in [5.41, 5.74) is 1.96. The Hall–Kier alpha value is -3.32. The first-order chi connectivity index (χ1) is 14.8. The molecule has 5 rings (SSSR count). The zero-order chi connectivity index (χ0) is 20.3. The largest absolute Gasteiger partial charge is 0.485 e. The summed E-state index contributed by atoms with van der Waals surface area (Å²) >= 11 is 0. The number of fused-ring (bicyclic) bond motifs is 1. The number of quaternary nitrogens is 1. The third kappa shape index (κ3) is 3.89. The number of nitrogens with zero attached hydrogens (tertiary/aromatic N) is 2. The molecule has 1 amide bonds. The van der Waals surface area contributed by atoms with E-state index >= 15 is 0 Å². The Labute approximate surface area is 174 Å². The van der Waals surface area contributed by atoms with Crippen molar-refractivity contribution >= 4 is 5.91 Å². The molecular weight excluding hydrogens is 382 g/mol. The molecule has 1 fully saturated rings. The van der Waals surface area contributed by atoms with Crippen LogP contribution in [0.3, 0.4) is 0 Å². The normalized spacial score (nSPS) is 18.9. The number of carbonyl (C=O) groups is 1. The summed E-state index contributed by atoms with van der Waals surface area (Å²) < 4.78 is 17.1. The van der Waals surface area contributed by atoms with E-state index < -0.39 is 6.10 Å². The minimum absolute atomic E-state index is 0.00338. The first-order valence-electron chi connectivity index (χ1n) is 10.3. The van der Waals surface area contributed by atoms with Gasteiger partial charge in [0.2, 0.25) is 6.10 Å². The molecule has 2 aliphatic heterocycles. The molecule has 7 heteroatoms. The van der Waals surface area contributed by atoms with E-state index in [1.54, 1.807) is 0 Å². The van der Waals surface area contributed by atoms with Crippen molar-refractivity contribution in [3.8, 4) is 22.8 Å². The lowest BCUT2D eigenvalue weighted by molar-refractivity contribution is -0.918. The highest BCUT2D eigenvalue weighted by atomic mass is 16.6. The van der Waals surface area contributed by atoms with Gasteiger partial charge in [0.15, 0.2) is 17.3 Å². The van der Waals surface area contributed by atoms with Crippen LogP contribution in [-0.4, -0.2) is 54.9 Å². The number of rotatable bonds is 4. The SMILES string of the molecule is O=C([C@H]1COc2ccccc2O1)N1CC[NH+](Cc2cc(-c3ccccc3)on2)CC1. The summed E-state index contributed by atoms with van der Waals surface area (Å²) in [5.74, 6) is 2.11. The molecule has 7 nitrogen and oxygen atoms in total. The number of hydrogen-bond acceptors (Lipinski definition) is 5. The van der Waals surface area contributed by atoms with Gasteiger partial charge in [-0.25, -0.2) is 0 Å². The van der Waals surface area contributed by atoms with Gasteiger partial charge in [0.05, 0.1) is 26.2 Å². The Morgan fingerprint density at radius 2 is 1.77 bits per heavy atom. The van der Waals surface area contributed by atoms with E-state index in [4.69, 9.17) is 14.0 Å². The van der Waals surface area contributed by atoms with E-state index in [-0.39, 0.29) is 12.5 Å². The minimum atomic E-state index is -0.578. The smallest absolute Gasteiger partial charge is 0.267 e. The molecule has 154 valence electrons. The number of ether oxygens (including phenoxy) is 2. The van der Waals surface area contributed by atoms with Crippen molar-refractivity contribution in [2.24, 2.45) is 0 Å². The first-order valence-corrected chi connectivity index (χ1v) is 10.3. The number of amides is 1. The van der Waals surface area contributed by atoms with E-state index in [9.17, 15) is 4.79 Å². The second kappa shape index (κ2) is 8.20. The fourth-order valence-electron chi connectivity index (χ4n) is 3.95. The highest BCUT2D eigenvalue weighted by Crippen LogP contribution is 2.31. The maximum atomic E-state index is 12.9. The number of piperazine rings is 1. The van der Waals surface area contributed by atoms with Crippen molar-refractivity contribution in [1.29, 1.82) is 0 Å². The average molecular weight is 406 g/mol. The third-order valence-electron chi connectivity index (χ3n) is 5.61. The monoisotopic (exact) mass is 406 g/mol. The van der Waals surface area contributed by atoms with Gasteiger partial charge in [-0.3, -0.25) is 4.79 Å².